The molecule has 6 heteroatoms. The average Bonchev–Trinajstić information content (AvgIpc) is 2.77. The van der Waals surface area contributed by atoms with E-state index in [1.54, 1.807) is 0 Å². The molecule has 2 N–H and O–H groups in total. The summed E-state index contributed by atoms with van der Waals surface area (Å²) >= 11 is 3.58. The maximum absolute atomic E-state index is 5.61. The summed E-state index contributed by atoms with van der Waals surface area (Å²) in [5, 5.41) is 4.72. The highest BCUT2D eigenvalue weighted by molar-refractivity contribution is 9.10. The quantitative estimate of drug-likeness (QED) is 0.932. The van der Waals surface area contributed by atoms with Crippen LogP contribution in [0.5, 0.6) is 0 Å². The van der Waals surface area contributed by atoms with E-state index in [2.05, 4.69) is 38.8 Å². The predicted molar refractivity (Wildman–Crippen MR) is 84.1 cm³/mol. The van der Waals surface area contributed by atoms with Gasteiger partial charge in [0.25, 0.3) is 0 Å². The lowest BCUT2D eigenvalue weighted by molar-refractivity contribution is 0.435. The maximum atomic E-state index is 5.61. The Bertz CT molecular complexity index is 601. The monoisotopic (exact) mass is 337 g/mol. The molecule has 1 fully saturated rings. The van der Waals surface area contributed by atoms with Crippen molar-refractivity contribution in [2.75, 3.05) is 24.5 Å². The van der Waals surface area contributed by atoms with Crippen LogP contribution in [-0.2, 0) is 6.42 Å². The van der Waals surface area contributed by atoms with E-state index in [1.807, 2.05) is 10.6 Å². The van der Waals surface area contributed by atoms with Crippen LogP contribution in [0.15, 0.2) is 16.7 Å². The van der Waals surface area contributed by atoms with Crippen molar-refractivity contribution in [2.45, 2.75) is 26.2 Å². The zero-order valence-electron chi connectivity index (χ0n) is 11.7. The third-order valence-electron chi connectivity index (χ3n) is 3.96. The Morgan fingerprint density at radius 3 is 2.80 bits per heavy atom. The summed E-state index contributed by atoms with van der Waals surface area (Å²) in [4.78, 5) is 6.91. The van der Waals surface area contributed by atoms with E-state index in [0.29, 0.717) is 6.54 Å². The minimum Gasteiger partial charge on any atom is -0.355 e. The lowest BCUT2D eigenvalue weighted by Gasteiger charge is -2.30. The zero-order valence-corrected chi connectivity index (χ0v) is 13.3. The fourth-order valence-corrected chi connectivity index (χ4v) is 3.19. The summed E-state index contributed by atoms with van der Waals surface area (Å²) in [6.07, 6.45) is 3.24. The molecule has 0 spiro atoms. The van der Waals surface area contributed by atoms with Crippen LogP contribution in [-0.4, -0.2) is 34.2 Å². The molecule has 20 heavy (non-hydrogen) atoms. The summed E-state index contributed by atoms with van der Waals surface area (Å²) in [6, 6.07) is 4.10. The second-order valence-corrected chi connectivity index (χ2v) is 6.27. The topological polar surface area (TPSA) is 59.5 Å². The van der Waals surface area contributed by atoms with Crippen LogP contribution in [0, 0.1) is 5.92 Å². The van der Waals surface area contributed by atoms with Crippen LogP contribution in [0.1, 0.15) is 25.5 Å². The molecule has 0 atom stereocenters. The number of aromatic nitrogens is 3. The van der Waals surface area contributed by atoms with Gasteiger partial charge in [-0.3, -0.25) is 0 Å². The molecule has 0 aromatic carbocycles. The van der Waals surface area contributed by atoms with Crippen molar-refractivity contribution in [1.29, 1.82) is 0 Å². The highest BCUT2D eigenvalue weighted by Gasteiger charge is 2.18. The van der Waals surface area contributed by atoms with Gasteiger partial charge in [-0.15, -0.1) is 5.10 Å². The summed E-state index contributed by atoms with van der Waals surface area (Å²) in [5.41, 5.74) is 7.46. The Hall–Kier alpha value is -1.14. The van der Waals surface area contributed by atoms with E-state index in [9.17, 15) is 0 Å². The molecule has 1 aliphatic heterocycles. The first-order valence-electron chi connectivity index (χ1n) is 7.18. The van der Waals surface area contributed by atoms with Gasteiger partial charge < -0.3 is 10.6 Å². The first-order valence-corrected chi connectivity index (χ1v) is 7.97. The molecule has 0 radical (unpaired) electrons. The largest absolute Gasteiger partial charge is 0.355 e. The number of imidazole rings is 1. The summed E-state index contributed by atoms with van der Waals surface area (Å²) < 4.78 is 2.79. The van der Waals surface area contributed by atoms with E-state index in [1.165, 1.54) is 12.8 Å². The molecule has 3 heterocycles. The molecule has 0 bridgehead atoms. The SMILES string of the molecule is CC1CCN(c2ccc3nc(CCN)c(Br)n3n2)CC1. The highest BCUT2D eigenvalue weighted by atomic mass is 79.9. The fraction of sp³-hybridized carbons (Fsp3) is 0.571. The molecule has 0 aliphatic carbocycles. The standard InChI is InChI=1S/C14H20BrN5/c1-10-5-8-19(9-6-10)13-3-2-12-17-11(4-7-16)14(15)20(12)18-13/h2-3,10H,4-9,16H2,1H3. The number of rotatable bonds is 3. The number of halogens is 1. The van der Waals surface area contributed by atoms with E-state index in [4.69, 9.17) is 10.8 Å². The van der Waals surface area contributed by atoms with Crippen LogP contribution in [0.2, 0.25) is 0 Å². The second-order valence-electron chi connectivity index (χ2n) is 5.52. The van der Waals surface area contributed by atoms with Crippen molar-refractivity contribution in [3.63, 3.8) is 0 Å². The van der Waals surface area contributed by atoms with Gasteiger partial charge in [0.1, 0.15) is 10.4 Å². The molecule has 0 amide bonds. The summed E-state index contributed by atoms with van der Waals surface area (Å²) in [5.74, 6) is 1.85. The van der Waals surface area contributed by atoms with Gasteiger partial charge in [-0.25, -0.2) is 9.50 Å². The molecular formula is C14H20BrN5. The Kier molecular flexibility index (Phi) is 3.94. The van der Waals surface area contributed by atoms with Gasteiger partial charge in [0.2, 0.25) is 0 Å². The van der Waals surface area contributed by atoms with Gasteiger partial charge in [0, 0.05) is 19.5 Å². The number of piperidine rings is 1. The van der Waals surface area contributed by atoms with Crippen LogP contribution in [0.4, 0.5) is 5.82 Å². The smallest absolute Gasteiger partial charge is 0.155 e. The van der Waals surface area contributed by atoms with Gasteiger partial charge >= 0.3 is 0 Å². The van der Waals surface area contributed by atoms with E-state index in [0.717, 1.165) is 47.2 Å². The molecule has 5 nitrogen and oxygen atoms in total. The van der Waals surface area contributed by atoms with Crippen molar-refractivity contribution >= 4 is 27.4 Å². The normalized spacial score (nSPS) is 17.1. The summed E-state index contributed by atoms with van der Waals surface area (Å²) in [7, 11) is 0. The van der Waals surface area contributed by atoms with Gasteiger partial charge in [-0.1, -0.05) is 6.92 Å². The van der Waals surface area contributed by atoms with Crippen molar-refractivity contribution < 1.29 is 0 Å². The number of hydrogen-bond acceptors (Lipinski definition) is 4. The first-order chi connectivity index (χ1) is 9.69. The number of fused-ring (bicyclic) bond motifs is 1. The molecule has 0 unspecified atom stereocenters. The van der Waals surface area contributed by atoms with Crippen LogP contribution in [0.3, 0.4) is 0 Å². The maximum Gasteiger partial charge on any atom is 0.155 e. The zero-order chi connectivity index (χ0) is 14.1. The van der Waals surface area contributed by atoms with Crippen LogP contribution >= 0.6 is 15.9 Å². The molecule has 1 aliphatic rings. The molecule has 108 valence electrons. The number of nitrogens with zero attached hydrogens (tertiary/aromatic N) is 4. The highest BCUT2D eigenvalue weighted by Crippen LogP contribution is 2.24. The van der Waals surface area contributed by atoms with E-state index < -0.39 is 0 Å². The minimum absolute atomic E-state index is 0.597. The van der Waals surface area contributed by atoms with Crippen LogP contribution < -0.4 is 10.6 Å². The number of hydrogen-bond donors (Lipinski definition) is 1. The van der Waals surface area contributed by atoms with Gasteiger partial charge in [-0.05, 0) is 53.4 Å². The van der Waals surface area contributed by atoms with Crippen LogP contribution in [0.25, 0.3) is 5.65 Å². The average molecular weight is 338 g/mol. The van der Waals surface area contributed by atoms with Crippen molar-refractivity contribution in [3.8, 4) is 0 Å². The molecule has 2 aromatic heterocycles. The molecule has 2 aromatic rings. The van der Waals surface area contributed by atoms with Gasteiger partial charge in [0.15, 0.2) is 5.65 Å². The first kappa shape index (κ1) is 13.8. The van der Waals surface area contributed by atoms with Crippen molar-refractivity contribution in [3.05, 3.63) is 22.4 Å². The van der Waals surface area contributed by atoms with Gasteiger partial charge in [0.05, 0.1) is 5.69 Å². The number of anilines is 1. The third kappa shape index (κ3) is 2.54. The summed E-state index contributed by atoms with van der Waals surface area (Å²) in [6.45, 7) is 5.09. The lowest BCUT2D eigenvalue weighted by atomic mass is 9.99. The molecule has 1 saturated heterocycles. The van der Waals surface area contributed by atoms with E-state index in [-0.39, 0.29) is 0 Å². The fourth-order valence-electron chi connectivity index (χ4n) is 2.64. The van der Waals surface area contributed by atoms with E-state index >= 15 is 0 Å². The molecule has 0 saturated carbocycles. The van der Waals surface area contributed by atoms with Gasteiger partial charge in [-0.2, -0.15) is 0 Å². The van der Waals surface area contributed by atoms with Crippen molar-refractivity contribution in [1.82, 2.24) is 14.6 Å². The van der Waals surface area contributed by atoms with Crippen molar-refractivity contribution in [2.24, 2.45) is 11.7 Å². The Morgan fingerprint density at radius 1 is 1.35 bits per heavy atom. The lowest BCUT2D eigenvalue weighted by Crippen LogP contribution is -2.33. The Morgan fingerprint density at radius 2 is 2.10 bits per heavy atom. The number of nitrogens with two attached hydrogens (primary N) is 1. The predicted octanol–water partition coefficient (Wildman–Crippen LogP) is 2.23. The molecule has 3 rings (SSSR count). The Balaban J connectivity index is 1.91. The third-order valence-corrected chi connectivity index (χ3v) is 4.76. The Labute approximate surface area is 127 Å². The molecular weight excluding hydrogens is 318 g/mol. The second kappa shape index (κ2) is 5.69. The minimum atomic E-state index is 0.597.